The van der Waals surface area contributed by atoms with E-state index in [1.54, 1.807) is 12.3 Å². The first-order chi connectivity index (χ1) is 12.5. The van der Waals surface area contributed by atoms with Crippen LogP contribution in [0.3, 0.4) is 0 Å². The van der Waals surface area contributed by atoms with Crippen molar-refractivity contribution in [3.8, 4) is 0 Å². The number of piperazine rings is 1. The number of carbonyl (C=O) groups excluding carboxylic acids is 1. The molecular weight excluding hydrogens is 334 g/mol. The van der Waals surface area contributed by atoms with Crippen LogP contribution in [0.2, 0.25) is 0 Å². The molecule has 1 aromatic carbocycles. The SMILES string of the molecule is Cc1ccc([N+](=O)[O-])cc1NC(=O)CN1CCNCC1c1cccnc1. The van der Waals surface area contributed by atoms with Crippen molar-refractivity contribution in [3.63, 3.8) is 0 Å². The number of hydrogen-bond acceptors (Lipinski definition) is 6. The van der Waals surface area contributed by atoms with Crippen LogP contribution in [0, 0.1) is 17.0 Å². The Hall–Kier alpha value is -2.84. The third-order valence-electron chi connectivity index (χ3n) is 4.48. The Balaban J connectivity index is 1.70. The number of benzene rings is 1. The van der Waals surface area contributed by atoms with Gasteiger partial charge in [0.1, 0.15) is 0 Å². The molecule has 1 aromatic heterocycles. The molecule has 1 fully saturated rings. The zero-order valence-corrected chi connectivity index (χ0v) is 14.5. The van der Waals surface area contributed by atoms with Crippen LogP contribution in [0.25, 0.3) is 0 Å². The number of rotatable bonds is 5. The van der Waals surface area contributed by atoms with E-state index in [1.807, 2.05) is 25.3 Å². The lowest BCUT2D eigenvalue weighted by molar-refractivity contribution is -0.384. The van der Waals surface area contributed by atoms with Crippen molar-refractivity contribution in [2.75, 3.05) is 31.5 Å². The van der Waals surface area contributed by atoms with Gasteiger partial charge in [0.05, 0.1) is 17.2 Å². The van der Waals surface area contributed by atoms with Crippen molar-refractivity contribution in [2.45, 2.75) is 13.0 Å². The molecule has 2 heterocycles. The summed E-state index contributed by atoms with van der Waals surface area (Å²) in [5.41, 5.74) is 2.27. The maximum Gasteiger partial charge on any atom is 0.271 e. The molecule has 26 heavy (non-hydrogen) atoms. The van der Waals surface area contributed by atoms with Gasteiger partial charge < -0.3 is 10.6 Å². The van der Waals surface area contributed by atoms with E-state index in [4.69, 9.17) is 0 Å². The average molecular weight is 355 g/mol. The van der Waals surface area contributed by atoms with Crippen molar-refractivity contribution in [1.29, 1.82) is 0 Å². The Bertz CT molecular complexity index is 797. The molecule has 136 valence electrons. The highest BCUT2D eigenvalue weighted by molar-refractivity contribution is 5.93. The molecule has 3 rings (SSSR count). The van der Waals surface area contributed by atoms with Gasteiger partial charge in [0.15, 0.2) is 0 Å². The first kappa shape index (κ1) is 18.0. The molecule has 0 radical (unpaired) electrons. The first-order valence-corrected chi connectivity index (χ1v) is 8.44. The average Bonchev–Trinajstić information content (AvgIpc) is 2.64. The largest absolute Gasteiger partial charge is 0.324 e. The second-order valence-corrected chi connectivity index (χ2v) is 6.28. The molecule has 0 saturated carbocycles. The lowest BCUT2D eigenvalue weighted by Crippen LogP contribution is -2.48. The summed E-state index contributed by atoms with van der Waals surface area (Å²) in [6, 6.07) is 8.41. The van der Waals surface area contributed by atoms with Crippen molar-refractivity contribution >= 4 is 17.3 Å². The van der Waals surface area contributed by atoms with Crippen LogP contribution in [0.15, 0.2) is 42.7 Å². The van der Waals surface area contributed by atoms with Gasteiger partial charge in [0.25, 0.3) is 5.69 Å². The van der Waals surface area contributed by atoms with E-state index in [0.29, 0.717) is 5.69 Å². The predicted octanol–water partition coefficient (Wildman–Crippen LogP) is 1.88. The lowest BCUT2D eigenvalue weighted by atomic mass is 10.1. The number of nitrogens with zero attached hydrogens (tertiary/aromatic N) is 3. The van der Waals surface area contributed by atoms with Gasteiger partial charge in [-0.15, -0.1) is 0 Å². The minimum atomic E-state index is -0.468. The van der Waals surface area contributed by atoms with Crippen LogP contribution in [0.4, 0.5) is 11.4 Å². The minimum Gasteiger partial charge on any atom is -0.324 e. The molecule has 1 aliphatic heterocycles. The summed E-state index contributed by atoms with van der Waals surface area (Å²) in [5, 5.41) is 17.1. The molecule has 1 aliphatic rings. The zero-order chi connectivity index (χ0) is 18.5. The normalized spacial score (nSPS) is 17.7. The van der Waals surface area contributed by atoms with Crippen LogP contribution in [0.5, 0.6) is 0 Å². The van der Waals surface area contributed by atoms with E-state index in [2.05, 4.69) is 20.5 Å². The van der Waals surface area contributed by atoms with E-state index in [1.165, 1.54) is 12.1 Å². The number of non-ortho nitro benzene ring substituents is 1. The van der Waals surface area contributed by atoms with Crippen LogP contribution in [0.1, 0.15) is 17.2 Å². The number of nitro benzene ring substituents is 1. The smallest absolute Gasteiger partial charge is 0.271 e. The van der Waals surface area contributed by atoms with E-state index < -0.39 is 4.92 Å². The van der Waals surface area contributed by atoms with Gasteiger partial charge in [-0.1, -0.05) is 12.1 Å². The van der Waals surface area contributed by atoms with Crippen LogP contribution < -0.4 is 10.6 Å². The Morgan fingerprint density at radius 3 is 3.04 bits per heavy atom. The summed E-state index contributed by atoms with van der Waals surface area (Å²) in [5.74, 6) is -0.190. The van der Waals surface area contributed by atoms with Gasteiger partial charge in [0, 0.05) is 50.2 Å². The molecule has 1 atom stereocenters. The van der Waals surface area contributed by atoms with Gasteiger partial charge in [-0.2, -0.15) is 0 Å². The molecule has 0 spiro atoms. The number of pyridine rings is 1. The maximum atomic E-state index is 12.5. The Labute approximate surface area is 151 Å². The number of aromatic nitrogens is 1. The zero-order valence-electron chi connectivity index (χ0n) is 14.5. The summed E-state index contributed by atoms with van der Waals surface area (Å²) in [7, 11) is 0. The number of carbonyl (C=O) groups is 1. The Morgan fingerprint density at radius 1 is 1.46 bits per heavy atom. The second-order valence-electron chi connectivity index (χ2n) is 6.28. The van der Waals surface area contributed by atoms with E-state index in [-0.39, 0.29) is 24.2 Å². The molecule has 2 aromatic rings. The molecule has 8 nitrogen and oxygen atoms in total. The number of amides is 1. The highest BCUT2D eigenvalue weighted by Gasteiger charge is 2.25. The summed E-state index contributed by atoms with van der Waals surface area (Å²) in [6.07, 6.45) is 3.54. The van der Waals surface area contributed by atoms with Crippen LogP contribution >= 0.6 is 0 Å². The summed E-state index contributed by atoms with van der Waals surface area (Å²) < 4.78 is 0. The van der Waals surface area contributed by atoms with Crippen molar-refractivity contribution in [1.82, 2.24) is 15.2 Å². The third kappa shape index (κ3) is 4.22. The highest BCUT2D eigenvalue weighted by Crippen LogP contribution is 2.23. The topological polar surface area (TPSA) is 100 Å². The van der Waals surface area contributed by atoms with Crippen molar-refractivity contribution < 1.29 is 9.72 Å². The lowest BCUT2D eigenvalue weighted by Gasteiger charge is -2.35. The van der Waals surface area contributed by atoms with Crippen LogP contribution in [-0.4, -0.2) is 46.9 Å². The number of anilines is 1. The second kappa shape index (κ2) is 8.03. The van der Waals surface area contributed by atoms with E-state index >= 15 is 0 Å². The number of nitro groups is 1. The fourth-order valence-electron chi connectivity index (χ4n) is 3.07. The fraction of sp³-hybridized carbons (Fsp3) is 0.333. The summed E-state index contributed by atoms with van der Waals surface area (Å²) in [6.45, 7) is 4.31. The van der Waals surface area contributed by atoms with Gasteiger partial charge in [-0.3, -0.25) is 24.8 Å². The summed E-state index contributed by atoms with van der Waals surface area (Å²) >= 11 is 0. The van der Waals surface area contributed by atoms with Crippen molar-refractivity contribution in [3.05, 3.63) is 64.0 Å². The number of hydrogen-bond donors (Lipinski definition) is 2. The molecule has 8 heteroatoms. The first-order valence-electron chi connectivity index (χ1n) is 8.44. The Morgan fingerprint density at radius 2 is 2.31 bits per heavy atom. The fourth-order valence-corrected chi connectivity index (χ4v) is 3.07. The van der Waals surface area contributed by atoms with Crippen molar-refractivity contribution in [2.24, 2.45) is 0 Å². The number of nitrogens with one attached hydrogen (secondary N) is 2. The minimum absolute atomic E-state index is 0.0405. The standard InChI is InChI=1S/C18H21N5O3/c1-13-4-5-15(23(25)26)9-16(13)21-18(24)12-22-8-7-20-11-17(22)14-3-2-6-19-10-14/h2-6,9-10,17,20H,7-8,11-12H2,1H3,(H,21,24). The molecule has 1 amide bonds. The monoisotopic (exact) mass is 355 g/mol. The predicted molar refractivity (Wildman–Crippen MR) is 97.9 cm³/mol. The quantitative estimate of drug-likeness (QED) is 0.627. The molecule has 0 bridgehead atoms. The third-order valence-corrected chi connectivity index (χ3v) is 4.48. The molecule has 0 aliphatic carbocycles. The van der Waals surface area contributed by atoms with Crippen LogP contribution in [-0.2, 0) is 4.79 Å². The van der Waals surface area contributed by atoms with Gasteiger partial charge >= 0.3 is 0 Å². The maximum absolute atomic E-state index is 12.5. The highest BCUT2D eigenvalue weighted by atomic mass is 16.6. The summed E-state index contributed by atoms with van der Waals surface area (Å²) in [4.78, 5) is 29.3. The van der Waals surface area contributed by atoms with E-state index in [9.17, 15) is 14.9 Å². The molecular formula is C18H21N5O3. The van der Waals surface area contributed by atoms with E-state index in [0.717, 1.165) is 30.8 Å². The molecule has 2 N–H and O–H groups in total. The molecule has 1 unspecified atom stereocenters. The Kier molecular flexibility index (Phi) is 5.55. The van der Waals surface area contributed by atoms with Gasteiger partial charge in [-0.05, 0) is 24.1 Å². The van der Waals surface area contributed by atoms with Gasteiger partial charge in [0.2, 0.25) is 5.91 Å². The molecule has 1 saturated heterocycles. The number of aryl methyl sites for hydroxylation is 1. The van der Waals surface area contributed by atoms with Gasteiger partial charge in [-0.25, -0.2) is 0 Å².